The Bertz CT molecular complexity index is 2930. The Labute approximate surface area is 385 Å². The molecule has 2 aromatic heterocycles. The Kier molecular flexibility index (Phi) is 12.3. The van der Waals surface area contributed by atoms with Crippen molar-refractivity contribution in [1.29, 1.82) is 21.0 Å². The Morgan fingerprint density at radius 1 is 0.415 bits per heavy atom. The number of thiophene rings is 2. The maximum Gasteiger partial charge on any atom is 0.222 e. The van der Waals surface area contributed by atoms with E-state index in [1.165, 1.54) is 22.7 Å². The minimum atomic E-state index is -1.10. The molecule has 0 amide bonds. The maximum atomic E-state index is 9.20. The van der Waals surface area contributed by atoms with Gasteiger partial charge in [-0.05, 0) is 120 Å². The van der Waals surface area contributed by atoms with Crippen molar-refractivity contribution in [3.05, 3.63) is 214 Å². The van der Waals surface area contributed by atoms with Crippen LogP contribution in [0.5, 0.6) is 0 Å². The predicted octanol–water partition coefficient (Wildman–Crippen LogP) is 14.2. The third-order valence-electron chi connectivity index (χ3n) is 10.9. The van der Waals surface area contributed by atoms with Crippen LogP contribution in [0.1, 0.15) is 20.9 Å². The quantitative estimate of drug-likeness (QED) is 0.111. The number of hydrogen-bond donors (Lipinski definition) is 0. The molecule has 1 aliphatic rings. The van der Waals surface area contributed by atoms with Gasteiger partial charge in [0.2, 0.25) is 5.79 Å². The second kappa shape index (κ2) is 19.0. The SMILES string of the molecule is N#CC(C#N)=Cc1ccc(-c2ccc(N(c3ccccc3)c3ccc(C4(c5ccc(N(c6ccccc6)c6ccc(-c7ccc(C=C(C#N)C#N)s7)cc6)cc5)OCCO4)cc3)cc2)s1. The Balaban J connectivity index is 0.992. The summed E-state index contributed by atoms with van der Waals surface area (Å²) in [5.41, 5.74) is 9.91. The molecule has 310 valence electrons. The topological polar surface area (TPSA) is 120 Å². The zero-order valence-corrected chi connectivity index (χ0v) is 36.3. The van der Waals surface area contributed by atoms with Crippen molar-refractivity contribution in [3.63, 3.8) is 0 Å². The summed E-state index contributed by atoms with van der Waals surface area (Å²) in [6.07, 6.45) is 3.23. The number of allylic oxidation sites excluding steroid dienone is 2. The van der Waals surface area contributed by atoms with E-state index in [9.17, 15) is 21.0 Å². The number of nitriles is 4. The fraction of sp³-hybridized carbons (Fsp3) is 0.0545. The van der Waals surface area contributed by atoms with Crippen LogP contribution in [0.15, 0.2) is 193 Å². The fourth-order valence-corrected chi connectivity index (χ4v) is 9.72. The summed E-state index contributed by atoms with van der Waals surface area (Å²) in [5.74, 6) is -1.10. The molecular formula is C55H36N6O2S2. The van der Waals surface area contributed by atoms with Crippen molar-refractivity contribution in [3.8, 4) is 45.2 Å². The van der Waals surface area contributed by atoms with Crippen molar-refractivity contribution in [1.82, 2.24) is 0 Å². The molecule has 1 saturated heterocycles. The van der Waals surface area contributed by atoms with Crippen LogP contribution in [-0.2, 0) is 15.3 Å². The van der Waals surface area contributed by atoms with E-state index in [1.54, 1.807) is 12.2 Å². The number of para-hydroxylation sites is 2. The lowest BCUT2D eigenvalue weighted by Gasteiger charge is -2.31. The van der Waals surface area contributed by atoms with Crippen LogP contribution in [0.3, 0.4) is 0 Å². The van der Waals surface area contributed by atoms with E-state index in [1.807, 2.05) is 84.9 Å². The van der Waals surface area contributed by atoms with Gasteiger partial charge in [-0.3, -0.25) is 0 Å². The Morgan fingerprint density at radius 2 is 0.738 bits per heavy atom. The average molecular weight is 877 g/mol. The number of hydrogen-bond acceptors (Lipinski definition) is 10. The van der Waals surface area contributed by atoms with Gasteiger partial charge in [-0.2, -0.15) is 21.0 Å². The summed E-state index contributed by atoms with van der Waals surface area (Å²) in [4.78, 5) is 8.20. The van der Waals surface area contributed by atoms with Gasteiger partial charge >= 0.3 is 0 Å². The minimum absolute atomic E-state index is 0.0781. The van der Waals surface area contributed by atoms with E-state index in [-0.39, 0.29) is 11.1 Å². The first kappa shape index (κ1) is 42.0. The number of benzene rings is 6. The molecule has 0 saturated carbocycles. The van der Waals surface area contributed by atoms with Gasteiger partial charge in [0.05, 0.1) is 13.2 Å². The molecule has 1 fully saturated rings. The van der Waals surface area contributed by atoms with E-state index in [2.05, 4.69) is 131 Å². The molecule has 10 heteroatoms. The highest BCUT2D eigenvalue weighted by molar-refractivity contribution is 7.16. The zero-order chi connectivity index (χ0) is 44.6. The second-order valence-corrected chi connectivity index (χ2v) is 17.0. The van der Waals surface area contributed by atoms with Crippen LogP contribution < -0.4 is 9.80 Å². The Hall–Kier alpha value is -8.32. The lowest BCUT2D eigenvalue weighted by molar-refractivity contribution is -0.129. The minimum Gasteiger partial charge on any atom is -0.340 e. The van der Waals surface area contributed by atoms with Gasteiger partial charge in [0, 0.05) is 64.8 Å². The van der Waals surface area contributed by atoms with Crippen molar-refractivity contribution in [2.24, 2.45) is 0 Å². The van der Waals surface area contributed by atoms with E-state index < -0.39 is 5.79 Å². The van der Waals surface area contributed by atoms with E-state index in [0.717, 1.165) is 75.9 Å². The number of nitrogens with zero attached hydrogens (tertiary/aromatic N) is 6. The summed E-state index contributed by atoms with van der Waals surface area (Å²) >= 11 is 3.07. The maximum absolute atomic E-state index is 9.20. The molecule has 65 heavy (non-hydrogen) atoms. The Morgan fingerprint density at radius 3 is 1.08 bits per heavy atom. The van der Waals surface area contributed by atoms with Gasteiger partial charge < -0.3 is 19.3 Å². The van der Waals surface area contributed by atoms with Crippen LogP contribution in [-0.4, -0.2) is 13.2 Å². The number of rotatable bonds is 12. The average Bonchev–Trinajstić information content (AvgIpc) is 4.17. The molecule has 0 unspecified atom stereocenters. The molecule has 3 heterocycles. The number of anilines is 6. The van der Waals surface area contributed by atoms with Crippen molar-refractivity contribution < 1.29 is 9.47 Å². The normalized spacial score (nSPS) is 12.4. The molecular weight excluding hydrogens is 841 g/mol. The van der Waals surface area contributed by atoms with Crippen LogP contribution in [0.25, 0.3) is 33.0 Å². The van der Waals surface area contributed by atoms with Gasteiger partial charge in [0.25, 0.3) is 0 Å². The third-order valence-corrected chi connectivity index (χ3v) is 13.0. The standard InChI is InChI=1S/C55H36N6O2S2/c56-35-39(36-57)33-51-27-29-53(64-51)41-11-19-47(20-12-41)60(45-7-3-1-4-8-45)49-23-15-43(16-24-49)55(62-31-32-63-55)44-17-25-50(26-18-44)61(46-9-5-2-6-10-46)48-21-13-42(14-22-48)54-30-28-52(65-54)34-40(37-58)38-59/h1-30,33-34H,31-32H2. The van der Waals surface area contributed by atoms with E-state index in [0.29, 0.717) is 13.2 Å². The van der Waals surface area contributed by atoms with Crippen molar-refractivity contribution in [2.45, 2.75) is 5.79 Å². The monoisotopic (exact) mass is 876 g/mol. The highest BCUT2D eigenvalue weighted by Gasteiger charge is 2.41. The van der Waals surface area contributed by atoms with Crippen LogP contribution in [0.2, 0.25) is 0 Å². The molecule has 0 bridgehead atoms. The molecule has 8 nitrogen and oxygen atoms in total. The molecule has 0 radical (unpaired) electrons. The molecule has 8 aromatic rings. The van der Waals surface area contributed by atoms with Gasteiger partial charge in [-0.25, -0.2) is 0 Å². The van der Waals surface area contributed by atoms with E-state index in [4.69, 9.17) is 9.47 Å². The molecule has 9 rings (SSSR count). The van der Waals surface area contributed by atoms with Gasteiger partial charge in [0.1, 0.15) is 35.4 Å². The summed E-state index contributed by atoms with van der Waals surface area (Å²) < 4.78 is 13.0. The first-order valence-electron chi connectivity index (χ1n) is 20.6. The highest BCUT2D eigenvalue weighted by atomic mass is 32.1. The molecule has 1 aliphatic heterocycles. The summed E-state index contributed by atoms with van der Waals surface area (Å²) in [6.45, 7) is 0.905. The lowest BCUT2D eigenvalue weighted by Crippen LogP contribution is -2.28. The molecule has 6 aromatic carbocycles. The van der Waals surface area contributed by atoms with Crippen molar-refractivity contribution >= 4 is 68.9 Å². The zero-order valence-electron chi connectivity index (χ0n) is 34.7. The van der Waals surface area contributed by atoms with Gasteiger partial charge in [-0.15, -0.1) is 22.7 Å². The predicted molar refractivity (Wildman–Crippen MR) is 260 cm³/mol. The largest absolute Gasteiger partial charge is 0.340 e. The molecule has 0 N–H and O–H groups in total. The van der Waals surface area contributed by atoms with Gasteiger partial charge in [-0.1, -0.05) is 84.9 Å². The molecule has 0 aliphatic carbocycles. The van der Waals surface area contributed by atoms with Crippen LogP contribution in [0.4, 0.5) is 34.1 Å². The van der Waals surface area contributed by atoms with E-state index >= 15 is 0 Å². The summed E-state index contributed by atoms with van der Waals surface area (Å²) in [5, 5.41) is 36.8. The van der Waals surface area contributed by atoms with Crippen LogP contribution >= 0.6 is 22.7 Å². The smallest absolute Gasteiger partial charge is 0.222 e. The number of ether oxygens (including phenoxy) is 2. The molecule has 0 spiro atoms. The second-order valence-electron chi connectivity index (χ2n) is 14.8. The first-order chi connectivity index (χ1) is 32.0. The summed E-state index contributed by atoms with van der Waals surface area (Å²) in [6, 6.07) is 69.5. The molecule has 0 atom stereocenters. The summed E-state index contributed by atoms with van der Waals surface area (Å²) in [7, 11) is 0. The fourth-order valence-electron chi connectivity index (χ4n) is 7.81. The van der Waals surface area contributed by atoms with Gasteiger partial charge in [0.15, 0.2) is 0 Å². The lowest BCUT2D eigenvalue weighted by atomic mass is 9.96. The highest BCUT2D eigenvalue weighted by Crippen LogP contribution is 2.44. The van der Waals surface area contributed by atoms with Crippen molar-refractivity contribution in [2.75, 3.05) is 23.0 Å². The van der Waals surface area contributed by atoms with Crippen LogP contribution in [0, 0.1) is 45.3 Å². The third kappa shape index (κ3) is 8.85. The first-order valence-corrected chi connectivity index (χ1v) is 22.3.